The summed E-state index contributed by atoms with van der Waals surface area (Å²) in [6.45, 7) is 0. The van der Waals surface area contributed by atoms with Crippen molar-refractivity contribution >= 4 is 15.7 Å². The zero-order valence-electron chi connectivity index (χ0n) is 13.0. The smallest absolute Gasteiger partial charge is 0.175 e. The van der Waals surface area contributed by atoms with Gasteiger partial charge in [0.15, 0.2) is 9.84 Å². The summed E-state index contributed by atoms with van der Waals surface area (Å²) < 4.78 is 28.6. The maximum absolute atomic E-state index is 11.6. The van der Waals surface area contributed by atoms with Crippen molar-refractivity contribution in [3.63, 3.8) is 0 Å². The summed E-state index contributed by atoms with van der Waals surface area (Å²) >= 11 is 0. The average molecular weight is 340 g/mol. The maximum Gasteiger partial charge on any atom is 0.175 e. The minimum absolute atomic E-state index is 0.0526. The predicted molar refractivity (Wildman–Crippen MR) is 93.7 cm³/mol. The van der Waals surface area contributed by atoms with E-state index in [1.807, 2.05) is 18.2 Å². The van der Waals surface area contributed by atoms with Gasteiger partial charge < -0.3 is 10.2 Å². The number of hydrogen-bond acceptors (Lipinski definition) is 4. The van der Waals surface area contributed by atoms with Gasteiger partial charge in [-0.05, 0) is 47.5 Å². The molecule has 0 saturated heterocycles. The molecule has 0 radical (unpaired) electrons. The van der Waals surface area contributed by atoms with Crippen molar-refractivity contribution in [2.45, 2.75) is 4.90 Å². The van der Waals surface area contributed by atoms with E-state index in [2.05, 4.69) is 0 Å². The number of nitrogen functional groups attached to an aromatic ring is 1. The van der Waals surface area contributed by atoms with Crippen LogP contribution in [0, 0.1) is 5.41 Å². The van der Waals surface area contributed by atoms with Gasteiger partial charge in [0.25, 0.3) is 0 Å². The van der Waals surface area contributed by atoms with E-state index in [-0.39, 0.29) is 10.7 Å². The van der Waals surface area contributed by atoms with Crippen molar-refractivity contribution in [1.82, 2.24) is 0 Å². The van der Waals surface area contributed by atoms with Gasteiger partial charge in [-0.3, -0.25) is 5.41 Å². The van der Waals surface area contributed by atoms with E-state index in [9.17, 15) is 8.42 Å². The lowest BCUT2D eigenvalue weighted by Crippen LogP contribution is -2.12. The highest BCUT2D eigenvalue weighted by molar-refractivity contribution is 7.90. The van der Waals surface area contributed by atoms with Crippen molar-refractivity contribution < 1.29 is 12.8 Å². The second-order valence-corrected chi connectivity index (χ2v) is 7.46. The van der Waals surface area contributed by atoms with Gasteiger partial charge in [-0.15, -0.1) is 0 Å². The summed E-state index contributed by atoms with van der Waals surface area (Å²) in [6, 6.07) is 15.7. The zero-order valence-corrected chi connectivity index (χ0v) is 13.8. The van der Waals surface area contributed by atoms with Crippen LogP contribution in [0.3, 0.4) is 0 Å². The topological polar surface area (TPSA) is 97.1 Å². The fraction of sp³-hybridized carbons (Fsp3) is 0.0556. The van der Waals surface area contributed by atoms with Crippen LogP contribution in [0.25, 0.3) is 22.5 Å². The van der Waals surface area contributed by atoms with Crippen LogP contribution >= 0.6 is 0 Å². The van der Waals surface area contributed by atoms with Gasteiger partial charge >= 0.3 is 0 Å². The Hall–Kier alpha value is -2.86. The van der Waals surface area contributed by atoms with E-state index in [1.165, 1.54) is 6.26 Å². The largest absolute Gasteiger partial charge is 0.464 e. The fourth-order valence-electron chi connectivity index (χ4n) is 2.50. The summed E-state index contributed by atoms with van der Waals surface area (Å²) in [5.41, 5.74) is 8.64. The summed E-state index contributed by atoms with van der Waals surface area (Å²) in [7, 11) is -3.25. The number of furan rings is 1. The maximum atomic E-state index is 11.6. The van der Waals surface area contributed by atoms with Gasteiger partial charge in [0.1, 0.15) is 11.6 Å². The lowest BCUT2D eigenvalue weighted by Gasteiger charge is -2.11. The number of benzene rings is 2. The number of sulfone groups is 1. The molecule has 0 aliphatic rings. The molecule has 1 aromatic heterocycles. The number of nitrogens with two attached hydrogens (primary N) is 1. The fourth-order valence-corrected chi connectivity index (χ4v) is 3.13. The Morgan fingerprint density at radius 2 is 1.71 bits per heavy atom. The van der Waals surface area contributed by atoms with E-state index in [0.29, 0.717) is 11.3 Å². The number of amidine groups is 1. The van der Waals surface area contributed by atoms with Crippen LogP contribution in [0.2, 0.25) is 0 Å². The molecule has 0 atom stereocenters. The summed E-state index contributed by atoms with van der Waals surface area (Å²) in [5, 5.41) is 7.77. The predicted octanol–water partition coefficient (Wildman–Crippen LogP) is 3.30. The normalized spacial score (nSPS) is 11.4. The summed E-state index contributed by atoms with van der Waals surface area (Å²) in [5.74, 6) is 0.655. The molecule has 0 saturated carbocycles. The van der Waals surface area contributed by atoms with Crippen molar-refractivity contribution in [2.24, 2.45) is 5.73 Å². The van der Waals surface area contributed by atoms with E-state index >= 15 is 0 Å². The number of rotatable bonds is 4. The van der Waals surface area contributed by atoms with Crippen molar-refractivity contribution in [1.29, 1.82) is 5.41 Å². The first kappa shape index (κ1) is 16.0. The first-order chi connectivity index (χ1) is 11.4. The first-order valence-electron chi connectivity index (χ1n) is 7.19. The Kier molecular flexibility index (Phi) is 3.99. The van der Waals surface area contributed by atoms with Gasteiger partial charge in [0.05, 0.1) is 11.2 Å². The Bertz CT molecular complexity index is 989. The van der Waals surface area contributed by atoms with Crippen LogP contribution in [-0.2, 0) is 9.84 Å². The second-order valence-electron chi connectivity index (χ2n) is 5.45. The van der Waals surface area contributed by atoms with E-state index in [0.717, 1.165) is 16.7 Å². The summed E-state index contributed by atoms with van der Waals surface area (Å²) in [6.07, 6.45) is 2.76. The lowest BCUT2D eigenvalue weighted by molar-refractivity contribution is 0.582. The molecule has 5 nitrogen and oxygen atoms in total. The molecule has 0 amide bonds. The standard InChI is InChI=1S/C18H16N2O3S/c1-24(21,22)14-7-4-12(5-8-14)16-11-13(17-3-2-10-23-17)6-9-15(16)18(19)20/h2-11H,1H3,(H3,19,20). The molecular weight excluding hydrogens is 324 g/mol. The Morgan fingerprint density at radius 1 is 1.04 bits per heavy atom. The quantitative estimate of drug-likeness (QED) is 0.562. The summed E-state index contributed by atoms with van der Waals surface area (Å²) in [4.78, 5) is 0.248. The van der Waals surface area contributed by atoms with Crippen LogP contribution in [-0.4, -0.2) is 20.5 Å². The highest BCUT2D eigenvalue weighted by Gasteiger charge is 2.13. The number of hydrogen-bond donors (Lipinski definition) is 2. The van der Waals surface area contributed by atoms with Gasteiger partial charge in [-0.25, -0.2) is 8.42 Å². The monoisotopic (exact) mass is 340 g/mol. The molecule has 0 fully saturated rings. The van der Waals surface area contributed by atoms with Crippen LogP contribution in [0.4, 0.5) is 0 Å². The molecule has 3 N–H and O–H groups in total. The molecule has 0 bridgehead atoms. The Morgan fingerprint density at radius 3 is 2.25 bits per heavy atom. The minimum atomic E-state index is -3.25. The van der Waals surface area contributed by atoms with Crippen molar-refractivity contribution in [2.75, 3.05) is 6.26 Å². The first-order valence-corrected chi connectivity index (χ1v) is 9.08. The lowest BCUT2D eigenvalue weighted by atomic mass is 9.96. The number of nitrogens with one attached hydrogen (secondary N) is 1. The van der Waals surface area contributed by atoms with Crippen LogP contribution in [0.1, 0.15) is 5.56 Å². The van der Waals surface area contributed by atoms with Gasteiger partial charge in [0.2, 0.25) is 0 Å². The highest BCUT2D eigenvalue weighted by atomic mass is 32.2. The average Bonchev–Trinajstić information content (AvgIpc) is 3.08. The van der Waals surface area contributed by atoms with Gasteiger partial charge in [-0.1, -0.05) is 18.2 Å². The third-order valence-electron chi connectivity index (χ3n) is 3.71. The van der Waals surface area contributed by atoms with E-state index in [4.69, 9.17) is 15.6 Å². The third-order valence-corrected chi connectivity index (χ3v) is 4.84. The molecule has 0 aliphatic carbocycles. The van der Waals surface area contributed by atoms with Crippen molar-refractivity contribution in [3.05, 3.63) is 66.4 Å². The highest BCUT2D eigenvalue weighted by Crippen LogP contribution is 2.30. The zero-order chi connectivity index (χ0) is 17.3. The second kappa shape index (κ2) is 5.98. The minimum Gasteiger partial charge on any atom is -0.464 e. The molecular formula is C18H16N2O3S. The van der Waals surface area contributed by atoms with Gasteiger partial charge in [-0.2, -0.15) is 0 Å². The van der Waals surface area contributed by atoms with Crippen LogP contribution in [0.15, 0.2) is 70.2 Å². The molecule has 3 aromatic rings. The molecule has 2 aromatic carbocycles. The van der Waals surface area contributed by atoms with Crippen LogP contribution in [0.5, 0.6) is 0 Å². The van der Waals surface area contributed by atoms with E-state index < -0.39 is 9.84 Å². The van der Waals surface area contributed by atoms with Crippen LogP contribution < -0.4 is 5.73 Å². The molecule has 6 heteroatoms. The van der Waals surface area contributed by atoms with Crippen molar-refractivity contribution in [3.8, 4) is 22.5 Å². The molecule has 3 rings (SSSR count). The molecule has 0 aliphatic heterocycles. The molecule has 122 valence electrons. The molecule has 0 spiro atoms. The van der Waals surface area contributed by atoms with Gasteiger partial charge in [0, 0.05) is 17.4 Å². The third kappa shape index (κ3) is 3.09. The Labute approximate surface area is 140 Å². The molecule has 1 heterocycles. The Balaban J connectivity index is 2.14. The molecule has 0 unspecified atom stereocenters. The SMILES string of the molecule is CS(=O)(=O)c1ccc(-c2cc(-c3ccco3)ccc2C(=N)N)cc1. The molecule has 24 heavy (non-hydrogen) atoms. The van der Waals surface area contributed by atoms with E-state index in [1.54, 1.807) is 42.7 Å².